The lowest BCUT2D eigenvalue weighted by Gasteiger charge is -2.15. The van der Waals surface area contributed by atoms with E-state index in [2.05, 4.69) is 4.98 Å². The summed E-state index contributed by atoms with van der Waals surface area (Å²) in [6, 6.07) is 0. The minimum absolute atomic E-state index is 0.0938. The molecule has 112 valence electrons. The molecular weight excluding hydrogens is 264 g/mol. The van der Waals surface area contributed by atoms with Gasteiger partial charge in [-0.3, -0.25) is 14.3 Å². The molecule has 1 aliphatic heterocycles. The second-order valence-electron chi connectivity index (χ2n) is 5.15. The number of ether oxygens (including phenoxy) is 1. The van der Waals surface area contributed by atoms with E-state index in [0.29, 0.717) is 18.4 Å². The highest BCUT2D eigenvalue weighted by molar-refractivity contribution is 5.02. The van der Waals surface area contributed by atoms with Crippen molar-refractivity contribution >= 4 is 0 Å². The van der Waals surface area contributed by atoms with Crippen LogP contribution in [0.2, 0.25) is 0 Å². The van der Waals surface area contributed by atoms with Gasteiger partial charge in [0.15, 0.2) is 0 Å². The summed E-state index contributed by atoms with van der Waals surface area (Å²) < 4.78 is 7.05. The predicted octanol–water partition coefficient (Wildman–Crippen LogP) is -0.486. The van der Waals surface area contributed by atoms with E-state index in [1.807, 2.05) is 0 Å². The summed E-state index contributed by atoms with van der Waals surface area (Å²) in [5.41, 5.74) is -0.475. The Bertz CT molecular complexity index is 565. The molecule has 1 saturated heterocycles. The third kappa shape index (κ3) is 3.00. The minimum atomic E-state index is -0.509. The Balaban J connectivity index is 2.20. The van der Waals surface area contributed by atoms with Gasteiger partial charge in [0.1, 0.15) is 6.23 Å². The van der Waals surface area contributed by atoms with Gasteiger partial charge in [-0.05, 0) is 32.1 Å². The van der Waals surface area contributed by atoms with E-state index >= 15 is 0 Å². The lowest BCUT2D eigenvalue weighted by molar-refractivity contribution is -0.0335. The molecule has 3 atom stereocenters. The van der Waals surface area contributed by atoms with Crippen LogP contribution in [0, 0.1) is 12.8 Å². The average Bonchev–Trinajstić information content (AvgIpc) is 2.83. The quantitative estimate of drug-likeness (QED) is 0.677. The van der Waals surface area contributed by atoms with Crippen LogP contribution in [0.4, 0.5) is 0 Å². The number of hydrogen-bond acceptors (Lipinski definition) is 5. The third-order valence-electron chi connectivity index (χ3n) is 3.73. The van der Waals surface area contributed by atoms with Gasteiger partial charge in [0.2, 0.25) is 0 Å². The summed E-state index contributed by atoms with van der Waals surface area (Å²) in [5, 5.41) is 18.2. The van der Waals surface area contributed by atoms with Crippen molar-refractivity contribution in [1.29, 1.82) is 0 Å². The van der Waals surface area contributed by atoms with Gasteiger partial charge in [0, 0.05) is 18.4 Å². The highest BCUT2D eigenvalue weighted by Gasteiger charge is 2.35. The van der Waals surface area contributed by atoms with Crippen molar-refractivity contribution in [2.75, 3.05) is 13.2 Å². The summed E-state index contributed by atoms with van der Waals surface area (Å²) in [6.45, 7) is 1.59. The zero-order chi connectivity index (χ0) is 14.7. The van der Waals surface area contributed by atoms with Crippen molar-refractivity contribution < 1.29 is 14.9 Å². The highest BCUT2D eigenvalue weighted by Crippen LogP contribution is 2.35. The number of hydrogen-bond donors (Lipinski definition) is 3. The molecule has 20 heavy (non-hydrogen) atoms. The van der Waals surface area contributed by atoms with Crippen LogP contribution in [0.5, 0.6) is 0 Å². The van der Waals surface area contributed by atoms with Gasteiger partial charge >= 0.3 is 5.69 Å². The highest BCUT2D eigenvalue weighted by atomic mass is 16.5. The zero-order valence-electron chi connectivity index (χ0n) is 11.4. The van der Waals surface area contributed by atoms with E-state index < -0.39 is 17.5 Å². The molecule has 1 fully saturated rings. The molecule has 1 aromatic rings. The van der Waals surface area contributed by atoms with E-state index in [4.69, 9.17) is 9.84 Å². The lowest BCUT2D eigenvalue weighted by atomic mass is 9.96. The Hall–Kier alpha value is -1.44. The first-order valence-electron chi connectivity index (χ1n) is 6.76. The molecule has 0 amide bonds. The number of aryl methyl sites for hydroxylation is 1. The summed E-state index contributed by atoms with van der Waals surface area (Å²) in [6.07, 6.45) is 2.60. The first-order chi connectivity index (χ1) is 9.56. The zero-order valence-corrected chi connectivity index (χ0v) is 11.4. The van der Waals surface area contributed by atoms with Crippen molar-refractivity contribution in [2.45, 2.75) is 38.5 Å². The fraction of sp³-hybridized carbons (Fsp3) is 0.692. The van der Waals surface area contributed by atoms with Crippen molar-refractivity contribution in [3.63, 3.8) is 0 Å². The van der Waals surface area contributed by atoms with Gasteiger partial charge in [-0.2, -0.15) is 0 Å². The molecule has 0 bridgehead atoms. The minimum Gasteiger partial charge on any atom is -0.396 e. The Morgan fingerprint density at radius 2 is 2.20 bits per heavy atom. The van der Waals surface area contributed by atoms with Crippen molar-refractivity contribution in [1.82, 2.24) is 9.55 Å². The van der Waals surface area contributed by atoms with Gasteiger partial charge in [0.05, 0.1) is 12.7 Å². The second-order valence-corrected chi connectivity index (χ2v) is 5.15. The molecule has 1 aromatic heterocycles. The summed E-state index contributed by atoms with van der Waals surface area (Å²) >= 11 is 0. The molecule has 0 aromatic carbocycles. The van der Waals surface area contributed by atoms with Crippen LogP contribution in [0.25, 0.3) is 0 Å². The SMILES string of the molecule is Cc1cn([C@@H]2C[C@H](CCCO)C(CO)O2)c(=O)[nH]c1=O. The van der Waals surface area contributed by atoms with Gasteiger partial charge in [-0.15, -0.1) is 0 Å². The second kappa shape index (κ2) is 6.34. The van der Waals surface area contributed by atoms with Crippen LogP contribution < -0.4 is 11.2 Å². The van der Waals surface area contributed by atoms with Crippen molar-refractivity contribution in [3.05, 3.63) is 32.6 Å². The van der Waals surface area contributed by atoms with E-state index in [1.165, 1.54) is 10.8 Å². The molecule has 1 unspecified atom stereocenters. The molecule has 7 nitrogen and oxygen atoms in total. The topological polar surface area (TPSA) is 105 Å². The maximum atomic E-state index is 11.8. The number of rotatable bonds is 5. The van der Waals surface area contributed by atoms with Crippen LogP contribution in [-0.2, 0) is 4.74 Å². The smallest absolute Gasteiger partial charge is 0.330 e. The van der Waals surface area contributed by atoms with E-state index in [9.17, 15) is 14.7 Å². The van der Waals surface area contributed by atoms with Gasteiger partial charge in [0.25, 0.3) is 5.56 Å². The number of H-pyrrole nitrogens is 1. The van der Waals surface area contributed by atoms with Crippen LogP contribution in [0.1, 0.15) is 31.1 Å². The largest absolute Gasteiger partial charge is 0.396 e. The molecule has 2 rings (SSSR count). The predicted molar refractivity (Wildman–Crippen MR) is 71.5 cm³/mol. The Morgan fingerprint density at radius 3 is 2.85 bits per heavy atom. The monoisotopic (exact) mass is 284 g/mol. The van der Waals surface area contributed by atoms with Gasteiger partial charge in [-0.1, -0.05) is 0 Å². The maximum absolute atomic E-state index is 11.8. The number of aromatic nitrogens is 2. The summed E-state index contributed by atoms with van der Waals surface area (Å²) in [4.78, 5) is 25.4. The van der Waals surface area contributed by atoms with Crippen LogP contribution in [0.15, 0.2) is 15.8 Å². The molecular formula is C13H20N2O5. The number of aromatic amines is 1. The Labute approximate surface area is 115 Å². The molecule has 2 heterocycles. The molecule has 7 heteroatoms. The first kappa shape index (κ1) is 15.0. The molecule has 1 aliphatic rings. The van der Waals surface area contributed by atoms with Crippen molar-refractivity contribution in [2.24, 2.45) is 5.92 Å². The summed E-state index contributed by atoms with van der Waals surface area (Å²) in [5.74, 6) is 0.0938. The molecule has 3 N–H and O–H groups in total. The van der Waals surface area contributed by atoms with E-state index in [0.717, 1.165) is 6.42 Å². The maximum Gasteiger partial charge on any atom is 0.330 e. The van der Waals surface area contributed by atoms with Crippen molar-refractivity contribution in [3.8, 4) is 0 Å². The molecule has 0 saturated carbocycles. The number of aliphatic hydroxyl groups is 2. The first-order valence-corrected chi connectivity index (χ1v) is 6.76. The van der Waals surface area contributed by atoms with E-state index in [-0.39, 0.29) is 25.2 Å². The lowest BCUT2D eigenvalue weighted by Crippen LogP contribution is -2.33. The third-order valence-corrected chi connectivity index (χ3v) is 3.73. The summed E-state index contributed by atoms with van der Waals surface area (Å²) in [7, 11) is 0. The van der Waals surface area contributed by atoms with E-state index in [1.54, 1.807) is 6.92 Å². The number of aliphatic hydroxyl groups excluding tert-OH is 2. The fourth-order valence-electron chi connectivity index (χ4n) is 2.61. The normalized spacial score (nSPS) is 26.1. The molecule has 0 aliphatic carbocycles. The van der Waals surface area contributed by atoms with Gasteiger partial charge in [-0.25, -0.2) is 4.79 Å². The van der Waals surface area contributed by atoms with Crippen LogP contribution in [0.3, 0.4) is 0 Å². The standard InChI is InChI=1S/C13H20N2O5/c1-8-6-15(13(19)14-12(8)18)11-5-9(3-2-4-16)10(7-17)20-11/h6,9-11,16-17H,2-5,7H2,1H3,(H,14,18,19)/t9-,10?,11-/m0/s1. The van der Waals surface area contributed by atoms with Gasteiger partial charge < -0.3 is 14.9 Å². The average molecular weight is 284 g/mol. The fourth-order valence-corrected chi connectivity index (χ4v) is 2.61. The molecule has 0 spiro atoms. The number of nitrogens with zero attached hydrogens (tertiary/aromatic N) is 1. The molecule has 0 radical (unpaired) electrons. The van der Waals surface area contributed by atoms with Crippen LogP contribution in [-0.4, -0.2) is 39.1 Å². The Morgan fingerprint density at radius 1 is 1.45 bits per heavy atom. The number of nitrogens with one attached hydrogen (secondary N) is 1. The van der Waals surface area contributed by atoms with Crippen LogP contribution >= 0.6 is 0 Å². The Kier molecular flexibility index (Phi) is 4.74.